The molecule has 0 bridgehead atoms. The topological polar surface area (TPSA) is 12.0 Å². The van der Waals surface area contributed by atoms with E-state index < -0.39 is 0 Å². The molecule has 0 aromatic heterocycles. The number of terminal acetylenes is 1. The average molecular weight is 139 g/mol. The summed E-state index contributed by atoms with van der Waals surface area (Å²) in [4.78, 5) is 0. The fourth-order valence-corrected chi connectivity index (χ4v) is 0.706. The summed E-state index contributed by atoms with van der Waals surface area (Å²) >= 11 is 0. The lowest BCUT2D eigenvalue weighted by atomic mass is 10.2. The lowest BCUT2D eigenvalue weighted by Crippen LogP contribution is -2.20. The van der Waals surface area contributed by atoms with Crippen LogP contribution in [0.4, 0.5) is 0 Å². The summed E-state index contributed by atoms with van der Waals surface area (Å²) in [6.45, 7) is 6.56. The maximum absolute atomic E-state index is 5.09. The van der Waals surface area contributed by atoms with Gasteiger partial charge in [-0.15, -0.1) is 12.3 Å². The molecular formula is C9H17N. The van der Waals surface area contributed by atoms with Gasteiger partial charge in [0, 0.05) is 6.42 Å². The maximum atomic E-state index is 5.09. The molecule has 0 fully saturated rings. The Kier molecular flexibility index (Phi) is 6.32. The van der Waals surface area contributed by atoms with E-state index >= 15 is 0 Å². The van der Waals surface area contributed by atoms with E-state index in [1.165, 1.54) is 0 Å². The normalized spacial score (nSPS) is 9.80. The Balaban J connectivity index is 2.86. The second-order valence-electron chi connectivity index (χ2n) is 2.91. The highest BCUT2D eigenvalue weighted by Gasteiger charge is 1.90. The van der Waals surface area contributed by atoms with E-state index in [1.54, 1.807) is 0 Å². The molecule has 0 radical (unpaired) electrons. The van der Waals surface area contributed by atoms with Crippen molar-refractivity contribution in [1.29, 1.82) is 0 Å². The van der Waals surface area contributed by atoms with E-state index in [2.05, 4.69) is 25.1 Å². The summed E-state index contributed by atoms with van der Waals surface area (Å²) in [6, 6.07) is 0. The first-order valence-electron chi connectivity index (χ1n) is 3.91. The molecule has 1 nitrogen and oxygen atoms in total. The molecule has 58 valence electrons. The molecule has 0 unspecified atom stereocenters. The van der Waals surface area contributed by atoms with Gasteiger partial charge in [0.15, 0.2) is 0 Å². The fourth-order valence-electron chi connectivity index (χ4n) is 0.706. The quantitative estimate of drug-likeness (QED) is 0.451. The Bertz CT molecular complexity index is 99.8. The monoisotopic (exact) mass is 139 g/mol. The Morgan fingerprint density at radius 1 is 1.50 bits per heavy atom. The largest absolute Gasteiger partial charge is 0.316 e. The van der Waals surface area contributed by atoms with Crippen LogP contribution in [0.3, 0.4) is 0 Å². The van der Waals surface area contributed by atoms with Gasteiger partial charge in [-0.3, -0.25) is 0 Å². The summed E-state index contributed by atoms with van der Waals surface area (Å²) in [5.74, 6) is 3.36. The minimum absolute atomic E-state index is 0.742. The van der Waals surface area contributed by atoms with Crippen molar-refractivity contribution in [3.8, 4) is 12.3 Å². The van der Waals surface area contributed by atoms with Crippen LogP contribution in [0.15, 0.2) is 0 Å². The van der Waals surface area contributed by atoms with E-state index in [9.17, 15) is 0 Å². The van der Waals surface area contributed by atoms with Crippen molar-refractivity contribution < 1.29 is 0 Å². The lowest BCUT2D eigenvalue weighted by molar-refractivity contribution is 0.546. The van der Waals surface area contributed by atoms with Crippen molar-refractivity contribution in [1.82, 2.24) is 5.32 Å². The predicted molar refractivity (Wildman–Crippen MR) is 45.8 cm³/mol. The Morgan fingerprint density at radius 2 is 2.20 bits per heavy atom. The summed E-state index contributed by atoms with van der Waals surface area (Å²) in [5.41, 5.74) is 0. The summed E-state index contributed by atoms with van der Waals surface area (Å²) in [7, 11) is 0. The molecule has 0 rings (SSSR count). The van der Waals surface area contributed by atoms with Gasteiger partial charge in [0.2, 0.25) is 0 Å². The van der Waals surface area contributed by atoms with E-state index in [4.69, 9.17) is 6.42 Å². The molecule has 0 amide bonds. The smallest absolute Gasteiger partial charge is 0.00981 e. The highest BCUT2D eigenvalue weighted by Crippen LogP contribution is 1.88. The van der Waals surface area contributed by atoms with Crippen LogP contribution in [0.25, 0.3) is 0 Å². The lowest BCUT2D eigenvalue weighted by Gasteiger charge is -2.04. The Labute approximate surface area is 64.2 Å². The van der Waals surface area contributed by atoms with Gasteiger partial charge in [-0.05, 0) is 25.4 Å². The van der Waals surface area contributed by atoms with E-state index in [1.807, 2.05) is 0 Å². The molecule has 1 heteroatoms. The zero-order valence-corrected chi connectivity index (χ0v) is 6.98. The number of nitrogens with one attached hydrogen (secondary N) is 1. The minimum Gasteiger partial charge on any atom is -0.316 e. The van der Waals surface area contributed by atoms with Gasteiger partial charge in [0.1, 0.15) is 0 Å². The molecule has 10 heavy (non-hydrogen) atoms. The Morgan fingerprint density at radius 3 is 2.70 bits per heavy atom. The molecule has 0 saturated carbocycles. The van der Waals surface area contributed by atoms with Gasteiger partial charge in [-0.1, -0.05) is 13.8 Å². The average Bonchev–Trinajstić information content (AvgIpc) is 1.87. The second-order valence-corrected chi connectivity index (χ2v) is 2.91. The number of rotatable bonds is 5. The van der Waals surface area contributed by atoms with Crippen LogP contribution in [-0.2, 0) is 0 Å². The van der Waals surface area contributed by atoms with Crippen LogP contribution in [0.5, 0.6) is 0 Å². The zero-order valence-electron chi connectivity index (χ0n) is 6.98. The van der Waals surface area contributed by atoms with Crippen LogP contribution in [0.1, 0.15) is 26.7 Å². The van der Waals surface area contributed by atoms with E-state index in [-0.39, 0.29) is 0 Å². The van der Waals surface area contributed by atoms with Gasteiger partial charge < -0.3 is 5.32 Å². The van der Waals surface area contributed by atoms with Crippen molar-refractivity contribution >= 4 is 0 Å². The van der Waals surface area contributed by atoms with E-state index in [0.29, 0.717) is 0 Å². The Hall–Kier alpha value is -0.480. The molecule has 0 saturated heterocycles. The third-order valence-corrected chi connectivity index (χ3v) is 1.23. The van der Waals surface area contributed by atoms with Crippen LogP contribution >= 0.6 is 0 Å². The fraction of sp³-hybridized carbons (Fsp3) is 0.778. The van der Waals surface area contributed by atoms with Gasteiger partial charge >= 0.3 is 0 Å². The first kappa shape index (κ1) is 9.52. The summed E-state index contributed by atoms with van der Waals surface area (Å²) in [5, 5.41) is 3.32. The van der Waals surface area contributed by atoms with Gasteiger partial charge in [0.25, 0.3) is 0 Å². The van der Waals surface area contributed by atoms with Crippen LogP contribution in [-0.4, -0.2) is 13.1 Å². The third-order valence-electron chi connectivity index (χ3n) is 1.23. The number of hydrogen-bond acceptors (Lipinski definition) is 1. The molecule has 1 N–H and O–H groups in total. The SMILES string of the molecule is C#CCCCNCC(C)C. The molecule has 0 heterocycles. The summed E-state index contributed by atoms with van der Waals surface area (Å²) < 4.78 is 0. The number of unbranched alkanes of at least 4 members (excludes halogenated alkanes) is 1. The first-order valence-corrected chi connectivity index (χ1v) is 3.91. The molecule has 0 atom stereocenters. The summed E-state index contributed by atoms with van der Waals surface area (Å²) in [6.07, 6.45) is 7.09. The molecular weight excluding hydrogens is 122 g/mol. The van der Waals surface area contributed by atoms with Crippen LogP contribution in [0.2, 0.25) is 0 Å². The van der Waals surface area contributed by atoms with Gasteiger partial charge in [-0.2, -0.15) is 0 Å². The molecule has 0 spiro atoms. The van der Waals surface area contributed by atoms with Crippen molar-refractivity contribution in [2.75, 3.05) is 13.1 Å². The molecule has 0 aliphatic rings. The number of hydrogen-bond donors (Lipinski definition) is 1. The highest BCUT2D eigenvalue weighted by atomic mass is 14.8. The van der Waals surface area contributed by atoms with Crippen LogP contribution in [0, 0.1) is 18.3 Å². The van der Waals surface area contributed by atoms with Gasteiger partial charge in [0.05, 0.1) is 0 Å². The van der Waals surface area contributed by atoms with Crippen molar-refractivity contribution in [2.45, 2.75) is 26.7 Å². The predicted octanol–water partition coefficient (Wildman–Crippen LogP) is 1.65. The first-order chi connectivity index (χ1) is 4.77. The second kappa shape index (κ2) is 6.64. The van der Waals surface area contributed by atoms with Crippen molar-refractivity contribution in [3.05, 3.63) is 0 Å². The molecule has 0 aromatic rings. The minimum atomic E-state index is 0.742. The van der Waals surface area contributed by atoms with Gasteiger partial charge in [-0.25, -0.2) is 0 Å². The molecule has 0 aliphatic heterocycles. The maximum Gasteiger partial charge on any atom is 0.00981 e. The van der Waals surface area contributed by atoms with E-state index in [0.717, 1.165) is 31.8 Å². The highest BCUT2D eigenvalue weighted by molar-refractivity contribution is 4.83. The third kappa shape index (κ3) is 7.52. The standard InChI is InChI=1S/C9H17N/c1-4-5-6-7-10-8-9(2)3/h1,9-10H,5-8H2,2-3H3. The molecule has 0 aliphatic carbocycles. The molecule has 0 aromatic carbocycles. The van der Waals surface area contributed by atoms with Crippen LogP contribution < -0.4 is 5.32 Å². The van der Waals surface area contributed by atoms with Crippen molar-refractivity contribution in [2.24, 2.45) is 5.92 Å². The zero-order chi connectivity index (χ0) is 7.82. The van der Waals surface area contributed by atoms with Crippen molar-refractivity contribution in [3.63, 3.8) is 0 Å².